The van der Waals surface area contributed by atoms with Gasteiger partial charge >= 0.3 is 0 Å². The second kappa shape index (κ2) is 13.3. The van der Waals surface area contributed by atoms with Crippen molar-refractivity contribution >= 4 is 11.8 Å². The molecule has 174 valence electrons. The zero-order chi connectivity index (χ0) is 23.3. The van der Waals surface area contributed by atoms with Gasteiger partial charge in [0.25, 0.3) is 5.91 Å². The summed E-state index contributed by atoms with van der Waals surface area (Å²) in [5.74, 6) is 0.953. The van der Waals surface area contributed by atoms with E-state index in [9.17, 15) is 9.59 Å². The van der Waals surface area contributed by atoms with Crippen molar-refractivity contribution in [2.45, 2.75) is 26.2 Å². The molecule has 1 N–H and O–H groups in total. The third-order valence-electron chi connectivity index (χ3n) is 4.86. The van der Waals surface area contributed by atoms with Crippen LogP contribution in [0.3, 0.4) is 0 Å². The largest absolute Gasteiger partial charge is 0.493 e. The average molecular weight is 445 g/mol. The summed E-state index contributed by atoms with van der Waals surface area (Å²) in [7, 11) is 4.79. The van der Waals surface area contributed by atoms with Crippen LogP contribution in [-0.4, -0.2) is 74.3 Å². The fourth-order valence-electron chi connectivity index (χ4n) is 3.09. The smallest absolute Gasteiger partial charge is 0.274 e. The van der Waals surface area contributed by atoms with Crippen LogP contribution in [-0.2, 0) is 16.0 Å². The molecular formula is C23H32N4O5. The van der Waals surface area contributed by atoms with E-state index >= 15 is 0 Å². The molecule has 0 aliphatic rings. The van der Waals surface area contributed by atoms with Crippen LogP contribution >= 0.6 is 0 Å². The van der Waals surface area contributed by atoms with Crippen molar-refractivity contribution in [1.82, 2.24) is 20.2 Å². The van der Waals surface area contributed by atoms with E-state index in [4.69, 9.17) is 14.2 Å². The van der Waals surface area contributed by atoms with Crippen LogP contribution in [0.5, 0.6) is 11.5 Å². The van der Waals surface area contributed by atoms with E-state index in [-0.39, 0.29) is 23.9 Å². The van der Waals surface area contributed by atoms with Crippen molar-refractivity contribution in [1.29, 1.82) is 0 Å². The maximum Gasteiger partial charge on any atom is 0.274 e. The molecule has 0 radical (unpaired) electrons. The Kier molecular flexibility index (Phi) is 10.4. The predicted octanol–water partition coefficient (Wildman–Crippen LogP) is 2.03. The highest BCUT2D eigenvalue weighted by Crippen LogP contribution is 2.27. The number of carbonyl (C=O) groups excluding carboxylic acids is 2. The monoisotopic (exact) mass is 444 g/mol. The molecule has 9 nitrogen and oxygen atoms in total. The minimum Gasteiger partial charge on any atom is -0.493 e. The molecule has 0 aliphatic heterocycles. The van der Waals surface area contributed by atoms with Gasteiger partial charge in [0.2, 0.25) is 5.91 Å². The van der Waals surface area contributed by atoms with Crippen molar-refractivity contribution in [3.05, 3.63) is 47.5 Å². The molecule has 0 atom stereocenters. The second-order valence-corrected chi connectivity index (χ2v) is 7.22. The molecule has 0 spiro atoms. The van der Waals surface area contributed by atoms with Crippen LogP contribution in [0.1, 0.15) is 34.6 Å². The first-order valence-electron chi connectivity index (χ1n) is 10.5. The number of hydrogen-bond acceptors (Lipinski definition) is 7. The van der Waals surface area contributed by atoms with E-state index < -0.39 is 0 Å². The molecule has 0 fully saturated rings. The maximum absolute atomic E-state index is 12.8. The highest BCUT2D eigenvalue weighted by Gasteiger charge is 2.18. The van der Waals surface area contributed by atoms with E-state index in [1.807, 2.05) is 25.1 Å². The number of aryl methyl sites for hydroxylation is 1. The third kappa shape index (κ3) is 7.81. The molecule has 32 heavy (non-hydrogen) atoms. The molecule has 2 aromatic rings. The Bertz CT molecular complexity index is 873. The van der Waals surface area contributed by atoms with Gasteiger partial charge in [0.1, 0.15) is 5.69 Å². The van der Waals surface area contributed by atoms with E-state index in [0.29, 0.717) is 50.6 Å². The van der Waals surface area contributed by atoms with Gasteiger partial charge < -0.3 is 24.4 Å². The molecule has 2 amide bonds. The summed E-state index contributed by atoms with van der Waals surface area (Å²) in [5, 5.41) is 2.90. The number of nitrogens with one attached hydrogen (secondary N) is 1. The first-order valence-corrected chi connectivity index (χ1v) is 10.5. The van der Waals surface area contributed by atoms with Crippen LogP contribution in [0.25, 0.3) is 0 Å². The Morgan fingerprint density at radius 2 is 1.81 bits per heavy atom. The molecule has 0 saturated heterocycles. The van der Waals surface area contributed by atoms with E-state index in [2.05, 4.69) is 15.3 Å². The topological polar surface area (TPSA) is 103 Å². The lowest BCUT2D eigenvalue weighted by Gasteiger charge is -2.22. The quantitative estimate of drug-likeness (QED) is 0.472. The van der Waals surface area contributed by atoms with Crippen molar-refractivity contribution < 1.29 is 23.8 Å². The number of aromatic nitrogens is 2. The first kappa shape index (κ1) is 25.1. The Hall–Kier alpha value is -3.20. The molecule has 1 aromatic heterocycles. The highest BCUT2D eigenvalue weighted by atomic mass is 16.5. The van der Waals surface area contributed by atoms with E-state index in [1.54, 1.807) is 32.4 Å². The van der Waals surface area contributed by atoms with Gasteiger partial charge in [0.05, 0.1) is 26.1 Å². The summed E-state index contributed by atoms with van der Waals surface area (Å²) < 4.78 is 15.6. The van der Waals surface area contributed by atoms with Gasteiger partial charge in [-0.25, -0.2) is 4.98 Å². The minimum absolute atomic E-state index is 0.120. The van der Waals surface area contributed by atoms with Crippen molar-refractivity contribution in [2.75, 3.05) is 47.6 Å². The lowest BCUT2D eigenvalue weighted by atomic mass is 10.1. The SMILES string of the molecule is COCCCN(CCC(=O)NCCc1ccc(OC)c(OC)c1)C(=O)c1cnc(C)cn1. The molecule has 1 heterocycles. The molecule has 0 aliphatic carbocycles. The average Bonchev–Trinajstić information content (AvgIpc) is 2.81. The molecular weight excluding hydrogens is 412 g/mol. The number of carbonyl (C=O) groups is 2. The normalized spacial score (nSPS) is 10.5. The van der Waals surface area contributed by atoms with E-state index in [0.717, 1.165) is 11.3 Å². The highest BCUT2D eigenvalue weighted by molar-refractivity contribution is 5.92. The summed E-state index contributed by atoms with van der Waals surface area (Å²) >= 11 is 0. The van der Waals surface area contributed by atoms with Gasteiger partial charge in [0, 0.05) is 46.0 Å². The van der Waals surface area contributed by atoms with E-state index in [1.165, 1.54) is 6.20 Å². The van der Waals surface area contributed by atoms with Gasteiger partial charge in [-0.3, -0.25) is 14.6 Å². The molecule has 9 heteroatoms. The Balaban J connectivity index is 1.86. The number of hydrogen-bond donors (Lipinski definition) is 1. The zero-order valence-electron chi connectivity index (χ0n) is 19.2. The third-order valence-corrected chi connectivity index (χ3v) is 4.86. The van der Waals surface area contributed by atoms with Crippen molar-refractivity contribution in [2.24, 2.45) is 0 Å². The number of methoxy groups -OCH3 is 3. The molecule has 0 unspecified atom stereocenters. The van der Waals surface area contributed by atoms with Gasteiger partial charge in [-0.15, -0.1) is 0 Å². The Morgan fingerprint density at radius 3 is 2.47 bits per heavy atom. The van der Waals surface area contributed by atoms with Crippen LogP contribution < -0.4 is 14.8 Å². The van der Waals surface area contributed by atoms with Gasteiger partial charge in [-0.2, -0.15) is 0 Å². The number of ether oxygens (including phenoxy) is 3. The van der Waals surface area contributed by atoms with Crippen LogP contribution in [0, 0.1) is 6.92 Å². The number of nitrogens with zero attached hydrogens (tertiary/aromatic N) is 3. The standard InChI is InChI=1S/C23H32N4O5/c1-17-15-26-19(16-25-17)23(29)27(11-5-13-30-2)12-9-22(28)24-10-8-18-6-7-20(31-3)21(14-18)32-4/h6-7,14-16H,5,8-13H2,1-4H3,(H,24,28). The first-order chi connectivity index (χ1) is 15.5. The van der Waals surface area contributed by atoms with Crippen LogP contribution in [0.4, 0.5) is 0 Å². The van der Waals surface area contributed by atoms with Crippen LogP contribution in [0.2, 0.25) is 0 Å². The minimum atomic E-state index is -0.244. The molecule has 0 saturated carbocycles. The molecule has 2 rings (SSSR count). The Labute approximate surface area is 189 Å². The lowest BCUT2D eigenvalue weighted by Crippen LogP contribution is -2.37. The number of rotatable bonds is 13. The summed E-state index contributed by atoms with van der Waals surface area (Å²) in [6.45, 7) is 3.58. The molecule has 0 bridgehead atoms. The number of amides is 2. The fraction of sp³-hybridized carbons (Fsp3) is 0.478. The predicted molar refractivity (Wildman–Crippen MR) is 120 cm³/mol. The zero-order valence-corrected chi connectivity index (χ0v) is 19.2. The number of benzene rings is 1. The van der Waals surface area contributed by atoms with Crippen LogP contribution in [0.15, 0.2) is 30.6 Å². The van der Waals surface area contributed by atoms with Gasteiger partial charge in [0.15, 0.2) is 11.5 Å². The van der Waals surface area contributed by atoms with Crippen molar-refractivity contribution in [3.63, 3.8) is 0 Å². The summed E-state index contributed by atoms with van der Waals surface area (Å²) in [4.78, 5) is 35.1. The molecule has 1 aromatic carbocycles. The second-order valence-electron chi connectivity index (χ2n) is 7.22. The summed E-state index contributed by atoms with van der Waals surface area (Å²) in [5.41, 5.74) is 2.03. The summed E-state index contributed by atoms with van der Waals surface area (Å²) in [6.07, 6.45) is 4.54. The fourth-order valence-corrected chi connectivity index (χ4v) is 3.09. The Morgan fingerprint density at radius 1 is 1.03 bits per heavy atom. The van der Waals surface area contributed by atoms with Gasteiger partial charge in [-0.05, 0) is 37.5 Å². The van der Waals surface area contributed by atoms with Gasteiger partial charge in [-0.1, -0.05) is 6.07 Å². The maximum atomic E-state index is 12.8. The lowest BCUT2D eigenvalue weighted by molar-refractivity contribution is -0.121. The summed E-state index contributed by atoms with van der Waals surface area (Å²) in [6, 6.07) is 5.67. The van der Waals surface area contributed by atoms with Crippen molar-refractivity contribution in [3.8, 4) is 11.5 Å².